The minimum atomic E-state index is -3.07. The van der Waals surface area contributed by atoms with Crippen LogP contribution in [0.25, 0.3) is 5.65 Å². The van der Waals surface area contributed by atoms with Gasteiger partial charge in [-0.25, -0.2) is 8.42 Å². The summed E-state index contributed by atoms with van der Waals surface area (Å²) in [6.07, 6.45) is 2.60. The van der Waals surface area contributed by atoms with Gasteiger partial charge in [-0.1, -0.05) is 6.07 Å². The predicted octanol–water partition coefficient (Wildman–Crippen LogP) is 0.746. The molecule has 0 spiro atoms. The first-order valence-electron chi connectivity index (χ1n) is 8.88. The zero-order valence-corrected chi connectivity index (χ0v) is 16.3. The van der Waals surface area contributed by atoms with Gasteiger partial charge < -0.3 is 10.2 Å². The number of fused-ring (bicyclic) bond motifs is 1. The fraction of sp³-hybridized carbons (Fsp3) is 0.588. The molecule has 1 aliphatic heterocycles. The van der Waals surface area contributed by atoms with Crippen molar-refractivity contribution in [2.24, 2.45) is 4.99 Å². The van der Waals surface area contributed by atoms with Crippen LogP contribution < -0.4 is 5.32 Å². The monoisotopic (exact) mass is 378 g/mol. The van der Waals surface area contributed by atoms with E-state index in [2.05, 4.69) is 20.5 Å². The summed E-state index contributed by atoms with van der Waals surface area (Å²) in [5.41, 5.74) is 0.821. The first kappa shape index (κ1) is 18.6. The molecule has 3 heterocycles. The van der Waals surface area contributed by atoms with Crippen LogP contribution in [0.2, 0.25) is 0 Å². The van der Waals surface area contributed by atoms with Crippen LogP contribution in [0.5, 0.6) is 0 Å². The molecule has 0 aliphatic carbocycles. The van der Waals surface area contributed by atoms with Crippen LogP contribution in [-0.4, -0.2) is 70.6 Å². The van der Waals surface area contributed by atoms with Crippen LogP contribution in [0.3, 0.4) is 0 Å². The van der Waals surface area contributed by atoms with Gasteiger partial charge in [0.15, 0.2) is 21.4 Å². The molecule has 0 atom stereocenters. The van der Waals surface area contributed by atoms with Crippen LogP contribution in [0.15, 0.2) is 29.4 Å². The number of aromatic nitrogens is 3. The van der Waals surface area contributed by atoms with Gasteiger partial charge >= 0.3 is 0 Å². The van der Waals surface area contributed by atoms with Gasteiger partial charge in [0.25, 0.3) is 0 Å². The fourth-order valence-corrected chi connectivity index (χ4v) is 4.44. The molecule has 0 bridgehead atoms. The minimum absolute atomic E-state index is 0.152. The van der Waals surface area contributed by atoms with E-state index < -0.39 is 14.6 Å². The Morgan fingerprint density at radius 3 is 2.88 bits per heavy atom. The maximum Gasteiger partial charge on any atom is 0.194 e. The zero-order valence-electron chi connectivity index (χ0n) is 15.5. The lowest BCUT2D eigenvalue weighted by molar-refractivity contribution is 0.353. The average Bonchev–Trinajstić information content (AvgIpc) is 3.00. The van der Waals surface area contributed by atoms with Crippen molar-refractivity contribution < 1.29 is 8.42 Å². The predicted molar refractivity (Wildman–Crippen MR) is 102 cm³/mol. The summed E-state index contributed by atoms with van der Waals surface area (Å²) >= 11 is 0. The molecular weight excluding hydrogens is 352 g/mol. The van der Waals surface area contributed by atoms with Crippen molar-refractivity contribution in [3.8, 4) is 0 Å². The molecule has 9 heteroatoms. The van der Waals surface area contributed by atoms with E-state index in [0.29, 0.717) is 26.1 Å². The Bertz CT molecular complexity index is 903. The third kappa shape index (κ3) is 3.67. The van der Waals surface area contributed by atoms with Gasteiger partial charge in [0, 0.05) is 38.8 Å². The van der Waals surface area contributed by atoms with Gasteiger partial charge in [0.2, 0.25) is 0 Å². The normalized spacial score (nSPS) is 19.7. The van der Waals surface area contributed by atoms with E-state index in [1.165, 1.54) is 0 Å². The summed E-state index contributed by atoms with van der Waals surface area (Å²) in [5, 5.41) is 11.6. The second-order valence-electron chi connectivity index (χ2n) is 7.03. The smallest absolute Gasteiger partial charge is 0.194 e. The molecule has 0 saturated carbocycles. The number of sulfone groups is 1. The molecule has 0 unspecified atom stereocenters. The largest absolute Gasteiger partial charge is 0.357 e. The molecule has 3 rings (SSSR count). The standard InChI is InChI=1S/C17H26N6O2S/c1-4-18-16(22-11-12-26(24,25)17(2,3)13-22)19-9-8-15-21-20-14-7-5-6-10-23(14)15/h5-7,10H,4,8-9,11-13H2,1-3H3,(H,18,19). The van der Waals surface area contributed by atoms with Crippen LogP contribution in [0.4, 0.5) is 0 Å². The van der Waals surface area contributed by atoms with Gasteiger partial charge in [0.05, 0.1) is 10.5 Å². The number of pyridine rings is 1. The Balaban J connectivity index is 1.71. The Labute approximate surface area is 154 Å². The second-order valence-corrected chi connectivity index (χ2v) is 9.77. The number of rotatable bonds is 4. The first-order chi connectivity index (χ1) is 12.3. The van der Waals surface area contributed by atoms with Gasteiger partial charge in [-0.2, -0.15) is 0 Å². The Kier molecular flexibility index (Phi) is 5.17. The third-order valence-electron chi connectivity index (χ3n) is 4.66. The highest BCUT2D eigenvalue weighted by molar-refractivity contribution is 7.92. The van der Waals surface area contributed by atoms with Crippen molar-refractivity contribution in [1.29, 1.82) is 0 Å². The van der Waals surface area contributed by atoms with Gasteiger partial charge in [-0.15, -0.1) is 10.2 Å². The maximum atomic E-state index is 12.2. The Morgan fingerprint density at radius 2 is 2.15 bits per heavy atom. The van der Waals surface area contributed by atoms with Gasteiger partial charge in [0.1, 0.15) is 5.82 Å². The fourth-order valence-electron chi connectivity index (χ4n) is 3.07. The minimum Gasteiger partial charge on any atom is -0.357 e. The van der Waals surface area contributed by atoms with E-state index in [0.717, 1.165) is 24.0 Å². The molecule has 0 amide bonds. The molecule has 26 heavy (non-hydrogen) atoms. The molecule has 2 aromatic rings. The number of aliphatic imine (C=N–C) groups is 1. The number of hydrogen-bond acceptors (Lipinski definition) is 5. The SMILES string of the molecule is CCNC(=NCCc1nnc2ccccn12)N1CCS(=O)(=O)C(C)(C)C1. The number of guanidine groups is 1. The van der Waals surface area contributed by atoms with Crippen LogP contribution in [0.1, 0.15) is 26.6 Å². The zero-order chi connectivity index (χ0) is 18.8. The topological polar surface area (TPSA) is 92.0 Å². The van der Waals surface area contributed by atoms with E-state index in [1.807, 2.05) is 40.6 Å². The van der Waals surface area contributed by atoms with Crippen molar-refractivity contribution in [2.45, 2.75) is 31.9 Å². The lowest BCUT2D eigenvalue weighted by Crippen LogP contribution is -2.57. The number of nitrogens with zero attached hydrogens (tertiary/aromatic N) is 5. The van der Waals surface area contributed by atoms with Crippen LogP contribution >= 0.6 is 0 Å². The molecule has 1 saturated heterocycles. The van der Waals surface area contributed by atoms with E-state index in [1.54, 1.807) is 13.8 Å². The quantitative estimate of drug-likeness (QED) is 0.623. The van der Waals surface area contributed by atoms with E-state index >= 15 is 0 Å². The van der Waals surface area contributed by atoms with Crippen molar-refractivity contribution in [3.63, 3.8) is 0 Å². The summed E-state index contributed by atoms with van der Waals surface area (Å²) < 4.78 is 25.6. The molecule has 0 aromatic carbocycles. The van der Waals surface area contributed by atoms with Gasteiger partial charge in [-0.3, -0.25) is 9.39 Å². The maximum absolute atomic E-state index is 12.2. The molecule has 8 nitrogen and oxygen atoms in total. The summed E-state index contributed by atoms with van der Waals surface area (Å²) in [6.45, 7) is 7.76. The highest BCUT2D eigenvalue weighted by atomic mass is 32.2. The average molecular weight is 379 g/mol. The lowest BCUT2D eigenvalue weighted by Gasteiger charge is -2.39. The third-order valence-corrected chi connectivity index (χ3v) is 7.19. The van der Waals surface area contributed by atoms with Gasteiger partial charge in [-0.05, 0) is 32.9 Å². The Morgan fingerprint density at radius 1 is 1.35 bits per heavy atom. The van der Waals surface area contributed by atoms with E-state index in [9.17, 15) is 8.42 Å². The Hall–Kier alpha value is -2.16. The number of hydrogen-bond donors (Lipinski definition) is 1. The van der Waals surface area contributed by atoms with Crippen molar-refractivity contribution in [3.05, 3.63) is 30.2 Å². The highest BCUT2D eigenvalue weighted by Crippen LogP contribution is 2.23. The van der Waals surface area contributed by atoms with Crippen molar-refractivity contribution in [2.75, 3.05) is 31.9 Å². The van der Waals surface area contributed by atoms with Crippen LogP contribution in [0, 0.1) is 0 Å². The van der Waals surface area contributed by atoms with Crippen molar-refractivity contribution >= 4 is 21.4 Å². The summed E-state index contributed by atoms with van der Waals surface area (Å²) in [5.74, 6) is 1.77. The number of nitrogens with one attached hydrogen (secondary N) is 1. The van der Waals surface area contributed by atoms with E-state index in [-0.39, 0.29) is 5.75 Å². The molecule has 1 aliphatic rings. The summed E-state index contributed by atoms with van der Waals surface area (Å²) in [7, 11) is -3.07. The molecule has 1 fully saturated rings. The van der Waals surface area contributed by atoms with Crippen molar-refractivity contribution in [1.82, 2.24) is 24.8 Å². The first-order valence-corrected chi connectivity index (χ1v) is 10.5. The van der Waals surface area contributed by atoms with E-state index in [4.69, 9.17) is 0 Å². The molecular formula is C17H26N6O2S. The highest BCUT2D eigenvalue weighted by Gasteiger charge is 2.40. The molecule has 0 radical (unpaired) electrons. The second kappa shape index (κ2) is 7.22. The lowest BCUT2D eigenvalue weighted by atomic mass is 10.2. The molecule has 2 aromatic heterocycles. The molecule has 142 valence electrons. The molecule has 1 N–H and O–H groups in total. The summed E-state index contributed by atoms with van der Waals surface area (Å²) in [4.78, 5) is 6.72. The van der Waals surface area contributed by atoms with Crippen LogP contribution in [-0.2, 0) is 16.3 Å². The summed E-state index contributed by atoms with van der Waals surface area (Å²) in [6, 6.07) is 5.80.